The van der Waals surface area contributed by atoms with Gasteiger partial charge < -0.3 is 19.7 Å². The van der Waals surface area contributed by atoms with Gasteiger partial charge in [0.25, 0.3) is 0 Å². The molecule has 0 fully saturated rings. The highest BCUT2D eigenvalue weighted by atomic mass is 35.5. The zero-order valence-corrected chi connectivity index (χ0v) is 18.3. The van der Waals surface area contributed by atoms with Crippen LogP contribution in [0.5, 0.6) is 5.75 Å². The van der Waals surface area contributed by atoms with E-state index in [0.717, 1.165) is 45.3 Å². The van der Waals surface area contributed by atoms with Gasteiger partial charge in [-0.15, -0.1) is 0 Å². The lowest BCUT2D eigenvalue weighted by Crippen LogP contribution is -2.19. The number of ether oxygens (including phenoxy) is 1. The maximum Gasteiger partial charge on any atom is 0.337 e. The van der Waals surface area contributed by atoms with Gasteiger partial charge >= 0.3 is 5.97 Å². The van der Waals surface area contributed by atoms with Crippen LogP contribution in [0.25, 0.3) is 0 Å². The highest BCUT2D eigenvalue weighted by Gasteiger charge is 2.22. The maximum atomic E-state index is 12.0. The van der Waals surface area contributed by atoms with Crippen LogP contribution in [-0.4, -0.2) is 29.3 Å². The summed E-state index contributed by atoms with van der Waals surface area (Å²) in [6.45, 7) is 5.67. The Balaban J connectivity index is 1.75. The van der Waals surface area contributed by atoms with E-state index in [1.165, 1.54) is 0 Å². The van der Waals surface area contributed by atoms with Crippen LogP contribution in [0.1, 0.15) is 38.4 Å². The molecule has 0 radical (unpaired) electrons. The highest BCUT2D eigenvalue weighted by Crippen LogP contribution is 2.24. The molecule has 0 unspecified atom stereocenters. The molecule has 0 aliphatic heterocycles. The van der Waals surface area contributed by atoms with E-state index in [2.05, 4.69) is 9.88 Å². The van der Waals surface area contributed by atoms with Crippen molar-refractivity contribution in [2.45, 2.75) is 33.4 Å². The number of halogens is 1. The molecule has 0 saturated heterocycles. The number of methoxy groups -OCH3 is 1. The van der Waals surface area contributed by atoms with E-state index in [1.54, 1.807) is 7.11 Å². The second-order valence-electron chi connectivity index (χ2n) is 7.28. The number of aromatic carboxylic acids is 1. The fourth-order valence-corrected chi connectivity index (χ4v) is 3.97. The van der Waals surface area contributed by atoms with E-state index >= 15 is 0 Å². The van der Waals surface area contributed by atoms with Crippen molar-refractivity contribution in [2.24, 2.45) is 0 Å². The van der Waals surface area contributed by atoms with Crippen molar-refractivity contribution < 1.29 is 14.6 Å². The van der Waals surface area contributed by atoms with Gasteiger partial charge in [0.05, 0.1) is 12.7 Å². The van der Waals surface area contributed by atoms with Gasteiger partial charge in [-0.2, -0.15) is 0 Å². The van der Waals surface area contributed by atoms with Crippen LogP contribution in [0.2, 0.25) is 5.02 Å². The second kappa shape index (κ2) is 9.83. The number of aromatic nitrogens is 1. The molecule has 0 atom stereocenters. The summed E-state index contributed by atoms with van der Waals surface area (Å²) in [7, 11) is 1.64. The zero-order valence-electron chi connectivity index (χ0n) is 17.5. The van der Waals surface area contributed by atoms with Crippen LogP contribution in [0.15, 0.2) is 48.5 Å². The minimum atomic E-state index is -0.896. The van der Waals surface area contributed by atoms with Crippen molar-refractivity contribution in [1.29, 1.82) is 0 Å². The third-order valence-electron chi connectivity index (χ3n) is 5.45. The van der Waals surface area contributed by atoms with Crippen LogP contribution < -0.4 is 10.1 Å². The van der Waals surface area contributed by atoms with E-state index in [0.29, 0.717) is 25.2 Å². The fraction of sp³-hybridized carbons (Fsp3) is 0.292. The number of rotatable bonds is 9. The van der Waals surface area contributed by atoms with E-state index in [1.807, 2.05) is 62.4 Å². The first-order valence-corrected chi connectivity index (χ1v) is 10.3. The Bertz CT molecular complexity index is 1030. The summed E-state index contributed by atoms with van der Waals surface area (Å²) in [5, 5.41) is 13.9. The fourth-order valence-electron chi connectivity index (χ4n) is 3.74. The average molecular weight is 427 g/mol. The molecule has 30 heavy (non-hydrogen) atoms. The number of benzene rings is 2. The van der Waals surface area contributed by atoms with Gasteiger partial charge in [-0.1, -0.05) is 41.9 Å². The lowest BCUT2D eigenvalue weighted by molar-refractivity contribution is 0.0694. The van der Waals surface area contributed by atoms with E-state index in [4.69, 9.17) is 16.3 Å². The van der Waals surface area contributed by atoms with Crippen molar-refractivity contribution in [3.8, 4) is 5.75 Å². The second-order valence-corrected chi connectivity index (χ2v) is 7.69. The van der Waals surface area contributed by atoms with Crippen LogP contribution in [0.3, 0.4) is 0 Å². The van der Waals surface area contributed by atoms with Gasteiger partial charge in [0.15, 0.2) is 0 Å². The van der Waals surface area contributed by atoms with Crippen molar-refractivity contribution >= 4 is 17.6 Å². The summed E-state index contributed by atoms with van der Waals surface area (Å²) in [4.78, 5) is 12.0. The molecule has 158 valence electrons. The third-order valence-corrected chi connectivity index (χ3v) is 5.82. The quantitative estimate of drug-likeness (QED) is 0.480. The number of nitrogens with one attached hydrogen (secondary N) is 1. The molecular formula is C24H27ClN2O3. The number of carboxylic acids is 1. The van der Waals surface area contributed by atoms with Crippen LogP contribution >= 0.6 is 11.6 Å². The van der Waals surface area contributed by atoms with Crippen molar-refractivity contribution in [3.05, 3.63) is 87.2 Å². The Labute approximate surface area is 182 Å². The van der Waals surface area contributed by atoms with Crippen LogP contribution in [0.4, 0.5) is 0 Å². The SMILES string of the molecule is COc1ccc(Cn2c(C)c(CNCCc3ccccc3Cl)c(C(=O)O)c2C)cc1. The van der Waals surface area contributed by atoms with Crippen molar-refractivity contribution in [3.63, 3.8) is 0 Å². The Morgan fingerprint density at radius 3 is 2.43 bits per heavy atom. The summed E-state index contributed by atoms with van der Waals surface area (Å²) in [5.74, 6) is -0.0960. The summed E-state index contributed by atoms with van der Waals surface area (Å²) in [6, 6.07) is 15.6. The van der Waals surface area contributed by atoms with Gasteiger partial charge in [-0.25, -0.2) is 4.79 Å². The summed E-state index contributed by atoms with van der Waals surface area (Å²) in [5.41, 5.74) is 5.10. The molecule has 3 aromatic rings. The first-order chi connectivity index (χ1) is 14.4. The number of nitrogens with zero attached hydrogens (tertiary/aromatic N) is 1. The highest BCUT2D eigenvalue weighted by molar-refractivity contribution is 6.31. The number of carboxylic acid groups (broad SMARTS) is 1. The Kier molecular flexibility index (Phi) is 7.19. The predicted octanol–water partition coefficient (Wildman–Crippen LogP) is 4.85. The van der Waals surface area contributed by atoms with E-state index in [-0.39, 0.29) is 0 Å². The molecule has 0 aliphatic rings. The Morgan fingerprint density at radius 1 is 1.10 bits per heavy atom. The standard InChI is InChI=1S/C24H27ClN2O3/c1-16-21(14-26-13-12-19-6-4-5-7-22(19)25)23(24(28)29)17(2)27(16)15-18-8-10-20(30-3)11-9-18/h4-11,26H,12-15H2,1-3H3,(H,28,29). The molecule has 0 saturated carbocycles. The normalized spacial score (nSPS) is 10.9. The lowest BCUT2D eigenvalue weighted by atomic mass is 10.1. The molecule has 0 aliphatic carbocycles. The molecule has 1 heterocycles. The van der Waals surface area contributed by atoms with Gasteiger partial charge in [0.1, 0.15) is 5.75 Å². The van der Waals surface area contributed by atoms with Crippen LogP contribution in [-0.2, 0) is 19.5 Å². The smallest absolute Gasteiger partial charge is 0.337 e. The van der Waals surface area contributed by atoms with Gasteiger partial charge in [0, 0.05) is 35.1 Å². The molecule has 6 heteroatoms. The molecule has 2 aromatic carbocycles. The summed E-state index contributed by atoms with van der Waals surface area (Å²) >= 11 is 6.22. The van der Waals surface area contributed by atoms with E-state index in [9.17, 15) is 9.90 Å². The average Bonchev–Trinajstić information content (AvgIpc) is 2.97. The lowest BCUT2D eigenvalue weighted by Gasteiger charge is -2.11. The van der Waals surface area contributed by atoms with Gasteiger partial charge in [-0.3, -0.25) is 0 Å². The number of carbonyl (C=O) groups is 1. The zero-order chi connectivity index (χ0) is 21.7. The summed E-state index contributed by atoms with van der Waals surface area (Å²) in [6.07, 6.45) is 0.784. The first-order valence-electron chi connectivity index (χ1n) is 9.91. The molecular weight excluding hydrogens is 400 g/mol. The topological polar surface area (TPSA) is 63.5 Å². The molecule has 0 amide bonds. The minimum absolute atomic E-state index is 0.381. The molecule has 0 bridgehead atoms. The molecule has 3 rings (SSSR count). The molecule has 2 N–H and O–H groups in total. The van der Waals surface area contributed by atoms with Crippen LogP contribution in [0, 0.1) is 13.8 Å². The number of hydrogen-bond donors (Lipinski definition) is 2. The molecule has 1 aromatic heterocycles. The van der Waals surface area contributed by atoms with Gasteiger partial charge in [0.2, 0.25) is 0 Å². The predicted molar refractivity (Wildman–Crippen MR) is 120 cm³/mol. The number of hydrogen-bond acceptors (Lipinski definition) is 3. The van der Waals surface area contributed by atoms with Gasteiger partial charge in [-0.05, 0) is 56.1 Å². The van der Waals surface area contributed by atoms with Crippen molar-refractivity contribution in [2.75, 3.05) is 13.7 Å². The van der Waals surface area contributed by atoms with Crippen molar-refractivity contribution in [1.82, 2.24) is 9.88 Å². The largest absolute Gasteiger partial charge is 0.497 e. The third kappa shape index (κ3) is 4.86. The molecule has 0 spiro atoms. The monoisotopic (exact) mass is 426 g/mol. The Morgan fingerprint density at radius 2 is 1.80 bits per heavy atom. The first kappa shape index (κ1) is 21.9. The summed E-state index contributed by atoms with van der Waals surface area (Å²) < 4.78 is 7.28. The molecule has 5 nitrogen and oxygen atoms in total. The van der Waals surface area contributed by atoms with E-state index < -0.39 is 5.97 Å². The Hall–Kier alpha value is -2.76. The maximum absolute atomic E-state index is 12.0. The minimum Gasteiger partial charge on any atom is -0.497 e.